The highest BCUT2D eigenvalue weighted by Crippen LogP contribution is 2.50. The highest BCUT2D eigenvalue weighted by Gasteiger charge is 2.68. The number of halogens is 5. The fraction of sp³-hybridized carbons (Fsp3) is 0.582. The van der Waals surface area contributed by atoms with E-state index in [1.54, 1.807) is 71.9 Å². The zero-order valence-corrected chi connectivity index (χ0v) is 71.8. The minimum Gasteiger partial charge on any atom is -0.469 e. The summed E-state index contributed by atoms with van der Waals surface area (Å²) in [6.07, 6.45) is -4.57. The molecule has 676 valence electrons. The Balaban J connectivity index is 0.000000137. The largest absolute Gasteiger partial charge is 0.469 e. The third-order valence-corrected chi connectivity index (χ3v) is 23.0. The van der Waals surface area contributed by atoms with Gasteiger partial charge in [-0.05, 0) is 104 Å². The molecule has 0 radical (unpaired) electrons. The highest BCUT2D eigenvalue weighted by atomic mass is 127. The van der Waals surface area contributed by atoms with Crippen molar-refractivity contribution in [3.63, 3.8) is 0 Å². The van der Waals surface area contributed by atoms with Crippen LogP contribution < -0.4 is 0 Å². The molecule has 124 heavy (non-hydrogen) atoms. The molecule has 17 rings (SSSR count). The molecular weight excluding hydrogens is 1890 g/mol. The second-order valence-electron chi connectivity index (χ2n) is 32.2. The zero-order chi connectivity index (χ0) is 90.6. The van der Waals surface area contributed by atoms with Gasteiger partial charge in [0.2, 0.25) is 47.5 Å². The fourth-order valence-electron chi connectivity index (χ4n) is 15.4. The van der Waals surface area contributed by atoms with Crippen LogP contribution >= 0.6 is 45.2 Å². The summed E-state index contributed by atoms with van der Waals surface area (Å²) in [5, 5.41) is 56.0. The van der Waals surface area contributed by atoms with E-state index in [1.165, 1.54) is 76.1 Å². The standard InChI is InChI=1S/C20H20FNO7.C13H15FINO5.C13H16INO5.C13H15NO5.C10H12FNO6.C10H13NO6/c1-19(2)27-15-16(28-19)20(21,11-26-18(25)12-6-4-3-5-7-12)29-17(15)22-9-8-13(23)10-14(22)24;1-12(2)19-9-10(20-12)13(14,6-15)21-11(9)16-4-3-7(17)5-8(16)18;1-13(2)19-10-8(6-14)18-12(11(10)20-13)15-4-3-7(16)5-9(15)17;1-7-10-11(19-13(2,3)18-10)12(17-7)14-5-4-8(15)6-9(14)16;11-10(4-13)8(17)7(16)9(18-10)12-2-1-5(14)3-6(12)15;12-4-6-8(15)9(16)10(17-6)11-2-1-5(13)3-7(11)14/h3-9,15-17H,10-11H2,1-2H3;3-4,9-11H,5-6H2,1-2H3;3-4,8,10-12H,5-6H2,1-2H3;4-5,10-12H,1,6H2,2-3H3;1-2,7-9,13,16-17H,3-4H2;1-2,6,8-10,12,15-16H,3-4H2/t15-,16+,17-,20-;9-,10+,11-,13-;8-,10-,11-,12-;10-,11-,12-;7-,8+,9-,10-;6-,8-,9-,10-/m111111/s1. The first-order valence-electron chi connectivity index (χ1n) is 38.8. The molecule has 10 fully saturated rings. The second kappa shape index (κ2) is 37.4. The summed E-state index contributed by atoms with van der Waals surface area (Å²) >= 11 is 4.10. The number of ketones is 6. The topological polar surface area (TPSA) is 501 Å². The van der Waals surface area contributed by atoms with E-state index >= 15 is 4.39 Å². The normalized spacial score (nSPS) is 37.9. The molecule has 16 aliphatic rings. The summed E-state index contributed by atoms with van der Waals surface area (Å²) in [5.74, 6) is -15.7. The lowest BCUT2D eigenvalue weighted by Crippen LogP contribution is -2.46. The summed E-state index contributed by atoms with van der Waals surface area (Å²) in [7, 11) is 0. The maximum absolute atomic E-state index is 15.8. The molecule has 0 aromatic heterocycles. The molecule has 0 saturated carbocycles. The Morgan fingerprint density at radius 2 is 0.790 bits per heavy atom. The predicted octanol–water partition coefficient (Wildman–Crippen LogP) is 0.431. The quantitative estimate of drug-likeness (QED) is 0.0675. The van der Waals surface area contributed by atoms with Gasteiger partial charge in [-0.2, -0.15) is 0 Å². The lowest BCUT2D eigenvalue weighted by atomic mass is 10.1. The molecule has 1 aromatic carbocycles. The molecule has 6 amide bonds. The number of aliphatic hydroxyl groups is 6. The van der Waals surface area contributed by atoms with E-state index in [4.69, 9.17) is 81.3 Å². The van der Waals surface area contributed by atoms with Crippen molar-refractivity contribution in [2.24, 2.45) is 0 Å². The Labute approximate surface area is 731 Å². The van der Waals surface area contributed by atoms with Crippen molar-refractivity contribution in [2.45, 2.75) is 257 Å². The smallest absolute Gasteiger partial charge is 0.338 e. The number of hydrogen-bond acceptors (Lipinski definition) is 34. The number of hydrogen-bond donors (Lipinski definition) is 6. The summed E-state index contributed by atoms with van der Waals surface area (Å²) in [6.45, 7) is 15.3. The van der Waals surface area contributed by atoms with Crippen LogP contribution in [0.2, 0.25) is 0 Å². The van der Waals surface area contributed by atoms with Crippen LogP contribution in [-0.2, 0) is 129 Å². The summed E-state index contributed by atoms with van der Waals surface area (Å²) in [6, 6.07) is 8.14. The van der Waals surface area contributed by atoms with Gasteiger partial charge in [0.15, 0.2) is 114 Å². The molecule has 23 atom stereocenters. The van der Waals surface area contributed by atoms with Crippen LogP contribution in [0.15, 0.2) is 116 Å². The van der Waals surface area contributed by atoms with Gasteiger partial charge in [-0.1, -0.05) is 70.0 Å². The van der Waals surface area contributed by atoms with E-state index in [-0.39, 0.29) is 107 Å². The van der Waals surface area contributed by atoms with Crippen molar-refractivity contribution in [1.82, 2.24) is 29.4 Å². The number of benzene rings is 1. The Hall–Kier alpha value is -8.00. The highest BCUT2D eigenvalue weighted by molar-refractivity contribution is 14.1. The van der Waals surface area contributed by atoms with Gasteiger partial charge in [0.1, 0.15) is 73.4 Å². The molecule has 0 unspecified atom stereocenters. The molecule has 40 nitrogen and oxygen atoms in total. The van der Waals surface area contributed by atoms with E-state index in [9.17, 15) is 91.5 Å². The third-order valence-electron chi connectivity index (χ3n) is 21.1. The number of carbonyl (C=O) groups excluding carboxylic acids is 13. The molecule has 10 saturated heterocycles. The number of carbonyl (C=O) groups is 13. The maximum atomic E-state index is 15.8. The van der Waals surface area contributed by atoms with Gasteiger partial charge < -0.3 is 102 Å². The molecule has 16 heterocycles. The molecule has 0 aliphatic carbocycles. The number of amides is 6. The van der Waals surface area contributed by atoms with E-state index in [2.05, 4.69) is 29.2 Å². The molecular formula is C79H91F3I2N6O34. The summed E-state index contributed by atoms with van der Waals surface area (Å²) in [5.41, 5.74) is 0.263. The van der Waals surface area contributed by atoms with Gasteiger partial charge in [-0.3, -0.25) is 86.9 Å². The SMILES string of the molecule is C=C1O[C@@H](N2C=CC(=O)CC2=O)[C@@H]2OC(C)(C)O[C@H]12.CC1(C)O[C@@H]2[C@H](O1)[C@@H](CI)O[C@H]2N1C=CC(=O)CC1=O.CC1(C)O[C@H]2[C@H](N3C=CC(=O)CC3=O)O[C@](F)(CI)[C@H]2O1.CC1(C)O[C@H]2[C@H](N3C=CC(=O)CC3=O)O[C@](F)(COC(=O)c3ccccc3)[C@H]2O1.O=C1C=CN([C@@H]2O[C@H](CO)[C@@H](O)[C@H]2O)C(=O)C1.O=C1C=CN([C@@H]2O[C@](F)(CO)[C@@H](O)[C@H]2O)C(=O)C1. The summed E-state index contributed by atoms with van der Waals surface area (Å²) < 4.78 is 129. The van der Waals surface area contributed by atoms with Gasteiger partial charge >= 0.3 is 5.97 Å². The Morgan fingerprint density at radius 3 is 1.20 bits per heavy atom. The van der Waals surface area contributed by atoms with Gasteiger partial charge in [-0.25, -0.2) is 18.0 Å². The Bertz CT molecular complexity index is 4570. The van der Waals surface area contributed by atoms with E-state index in [0.717, 1.165) is 31.4 Å². The lowest BCUT2D eigenvalue weighted by Gasteiger charge is -2.32. The first kappa shape index (κ1) is 95.1. The van der Waals surface area contributed by atoms with Crippen LogP contribution in [0, 0.1) is 0 Å². The first-order valence-corrected chi connectivity index (χ1v) is 41.8. The van der Waals surface area contributed by atoms with E-state index in [0.29, 0.717) is 5.76 Å². The van der Waals surface area contributed by atoms with Crippen LogP contribution in [0.1, 0.15) is 104 Å². The van der Waals surface area contributed by atoms with Gasteiger partial charge in [-0.15, -0.1) is 0 Å². The van der Waals surface area contributed by atoms with Gasteiger partial charge in [0.05, 0.1) is 61.2 Å². The van der Waals surface area contributed by atoms with Gasteiger partial charge in [0, 0.05) is 41.6 Å². The average molecular weight is 1980 g/mol. The molecule has 6 N–H and O–H groups in total. The monoisotopic (exact) mass is 1980 g/mol. The molecule has 45 heteroatoms. The number of ether oxygens (including phenoxy) is 15. The number of rotatable bonds is 13. The number of esters is 1. The van der Waals surface area contributed by atoms with Crippen molar-refractivity contribution < 1.29 is 177 Å². The zero-order valence-electron chi connectivity index (χ0n) is 67.5. The van der Waals surface area contributed by atoms with Crippen LogP contribution in [0.5, 0.6) is 0 Å². The molecule has 16 aliphatic heterocycles. The number of alkyl halides is 5. The average Bonchev–Trinajstić information content (AvgIpc) is 1.58. The molecule has 0 bridgehead atoms. The van der Waals surface area contributed by atoms with Crippen LogP contribution in [0.4, 0.5) is 13.2 Å². The maximum Gasteiger partial charge on any atom is 0.338 e. The number of nitrogens with zero attached hydrogens (tertiary/aromatic N) is 6. The van der Waals surface area contributed by atoms with Crippen LogP contribution in [0.3, 0.4) is 0 Å². The number of aliphatic hydroxyl groups excluding tert-OH is 6. The van der Waals surface area contributed by atoms with Crippen molar-refractivity contribution in [3.8, 4) is 0 Å². The molecule has 1 aromatic rings. The van der Waals surface area contributed by atoms with Crippen molar-refractivity contribution in [1.29, 1.82) is 0 Å². The van der Waals surface area contributed by atoms with Crippen molar-refractivity contribution in [2.75, 3.05) is 28.7 Å². The van der Waals surface area contributed by atoms with E-state index in [1.807, 2.05) is 36.4 Å². The van der Waals surface area contributed by atoms with Gasteiger partial charge in [0.25, 0.3) is 11.7 Å². The molecule has 0 spiro atoms. The number of fused-ring (bicyclic) bond motifs is 4. The first-order chi connectivity index (χ1) is 58.1. The van der Waals surface area contributed by atoms with Crippen molar-refractivity contribution in [3.05, 3.63) is 122 Å². The van der Waals surface area contributed by atoms with E-state index < -0.39 is 201 Å². The van der Waals surface area contributed by atoms with Crippen molar-refractivity contribution >= 4 is 121 Å². The Kier molecular flexibility index (Phi) is 28.7. The second-order valence-corrected chi connectivity index (χ2v) is 33.8. The summed E-state index contributed by atoms with van der Waals surface area (Å²) in [4.78, 5) is 158. The minimum atomic E-state index is -2.83. The van der Waals surface area contributed by atoms with Crippen LogP contribution in [0.25, 0.3) is 0 Å². The van der Waals surface area contributed by atoms with Crippen LogP contribution in [-0.4, -0.2) is 328 Å². The fourth-order valence-corrected chi connectivity index (χ4v) is 16.7. The lowest BCUT2D eigenvalue weighted by molar-refractivity contribution is -0.267. The predicted molar refractivity (Wildman–Crippen MR) is 419 cm³/mol. The number of allylic oxidation sites excluding steroid dienone is 6. The Morgan fingerprint density at radius 1 is 0.427 bits per heavy atom. The minimum absolute atomic E-state index is 0.0482. The third kappa shape index (κ3) is 20.4.